The van der Waals surface area contributed by atoms with Crippen molar-refractivity contribution in [2.45, 2.75) is 32.2 Å². The highest BCUT2D eigenvalue weighted by atomic mass is 16.7. The summed E-state index contributed by atoms with van der Waals surface area (Å²) in [6.45, 7) is 3.89. The number of piperidine rings is 1. The Morgan fingerprint density at radius 2 is 1.88 bits per heavy atom. The van der Waals surface area contributed by atoms with Gasteiger partial charge in [0, 0.05) is 31.5 Å². The summed E-state index contributed by atoms with van der Waals surface area (Å²) in [6, 6.07) is 16.5. The van der Waals surface area contributed by atoms with Crippen LogP contribution in [-0.2, 0) is 16.1 Å². The molecule has 5 nitrogen and oxygen atoms in total. The third-order valence-electron chi connectivity index (χ3n) is 5.01. The van der Waals surface area contributed by atoms with Gasteiger partial charge in [0.05, 0.1) is 13.2 Å². The summed E-state index contributed by atoms with van der Waals surface area (Å²) in [6.07, 6.45) is 1.03. The molecule has 1 saturated heterocycles. The molecule has 1 fully saturated rings. The van der Waals surface area contributed by atoms with Crippen LogP contribution in [0, 0.1) is 0 Å². The second-order valence-corrected chi connectivity index (χ2v) is 6.68. The van der Waals surface area contributed by atoms with Gasteiger partial charge in [-0.05, 0) is 30.2 Å². The predicted octanol–water partition coefficient (Wildman–Crippen LogP) is 4.21. The van der Waals surface area contributed by atoms with E-state index in [0.29, 0.717) is 39.1 Å². The number of rotatable bonds is 2. The SMILES string of the molecule is CCOC(=O)N1CCC2(CC1)OCc1cc(-c3ccccc3)ccc1O2. The Morgan fingerprint density at radius 3 is 2.62 bits per heavy atom. The molecule has 0 unspecified atom stereocenters. The second-order valence-electron chi connectivity index (χ2n) is 6.68. The molecular weight excluding hydrogens is 330 g/mol. The number of benzene rings is 2. The first-order chi connectivity index (χ1) is 12.7. The first-order valence-corrected chi connectivity index (χ1v) is 9.12. The minimum Gasteiger partial charge on any atom is -0.462 e. The van der Waals surface area contributed by atoms with E-state index in [0.717, 1.165) is 16.9 Å². The molecule has 26 heavy (non-hydrogen) atoms. The normalized spacial score (nSPS) is 18.1. The molecule has 0 aromatic heterocycles. The second kappa shape index (κ2) is 7.00. The van der Waals surface area contributed by atoms with Gasteiger partial charge in [0.1, 0.15) is 5.75 Å². The van der Waals surface area contributed by atoms with Gasteiger partial charge in [0.15, 0.2) is 0 Å². The maximum Gasteiger partial charge on any atom is 0.409 e. The molecule has 5 heteroatoms. The molecule has 136 valence electrons. The smallest absolute Gasteiger partial charge is 0.409 e. The summed E-state index contributed by atoms with van der Waals surface area (Å²) in [5, 5.41) is 0. The van der Waals surface area contributed by atoms with Crippen molar-refractivity contribution in [2.24, 2.45) is 0 Å². The Labute approximate surface area is 153 Å². The molecule has 1 amide bonds. The van der Waals surface area contributed by atoms with Gasteiger partial charge in [-0.2, -0.15) is 0 Å². The molecule has 2 aliphatic heterocycles. The van der Waals surface area contributed by atoms with Gasteiger partial charge in [-0.15, -0.1) is 0 Å². The monoisotopic (exact) mass is 353 g/mol. The molecular formula is C21H23NO4. The maximum atomic E-state index is 11.9. The van der Waals surface area contributed by atoms with Crippen molar-refractivity contribution in [3.63, 3.8) is 0 Å². The lowest BCUT2D eigenvalue weighted by Gasteiger charge is -2.43. The van der Waals surface area contributed by atoms with Crippen LogP contribution in [0.5, 0.6) is 5.75 Å². The molecule has 0 atom stereocenters. The van der Waals surface area contributed by atoms with Crippen LogP contribution in [0.1, 0.15) is 25.3 Å². The zero-order valence-electron chi connectivity index (χ0n) is 14.9. The van der Waals surface area contributed by atoms with E-state index in [1.165, 1.54) is 5.56 Å². The molecule has 2 heterocycles. The molecule has 1 spiro atoms. The fourth-order valence-electron chi connectivity index (χ4n) is 3.53. The topological polar surface area (TPSA) is 48.0 Å². The van der Waals surface area contributed by atoms with Crippen LogP contribution in [0.4, 0.5) is 4.79 Å². The van der Waals surface area contributed by atoms with Crippen molar-refractivity contribution in [3.05, 3.63) is 54.1 Å². The van der Waals surface area contributed by atoms with E-state index in [2.05, 4.69) is 24.3 Å². The molecule has 0 N–H and O–H groups in total. The van der Waals surface area contributed by atoms with Gasteiger partial charge >= 0.3 is 6.09 Å². The summed E-state index contributed by atoms with van der Waals surface area (Å²) in [5.74, 6) is 0.241. The van der Waals surface area contributed by atoms with E-state index in [1.807, 2.05) is 31.2 Å². The van der Waals surface area contributed by atoms with Gasteiger partial charge in [0.2, 0.25) is 5.79 Å². The molecule has 2 aromatic rings. The Morgan fingerprint density at radius 1 is 1.12 bits per heavy atom. The third-order valence-corrected chi connectivity index (χ3v) is 5.01. The average Bonchev–Trinajstić information content (AvgIpc) is 2.69. The lowest BCUT2D eigenvalue weighted by molar-refractivity contribution is -0.226. The van der Waals surface area contributed by atoms with E-state index < -0.39 is 5.79 Å². The number of ether oxygens (including phenoxy) is 3. The lowest BCUT2D eigenvalue weighted by Crippen LogP contribution is -2.52. The number of nitrogens with zero attached hydrogens (tertiary/aromatic N) is 1. The highest BCUT2D eigenvalue weighted by molar-refractivity contribution is 5.68. The van der Waals surface area contributed by atoms with E-state index in [1.54, 1.807) is 4.90 Å². The van der Waals surface area contributed by atoms with Crippen LogP contribution in [-0.4, -0.2) is 36.5 Å². The molecule has 4 rings (SSSR count). The Balaban J connectivity index is 1.46. The number of hydrogen-bond donors (Lipinski definition) is 0. The number of carbonyl (C=O) groups excluding carboxylic acids is 1. The number of carbonyl (C=O) groups is 1. The minimum absolute atomic E-state index is 0.258. The largest absolute Gasteiger partial charge is 0.462 e. The summed E-state index contributed by atoms with van der Waals surface area (Å²) < 4.78 is 17.4. The van der Waals surface area contributed by atoms with Gasteiger partial charge in [-0.1, -0.05) is 36.4 Å². The molecule has 2 aliphatic rings. The highest BCUT2D eigenvalue weighted by Crippen LogP contribution is 2.39. The Kier molecular flexibility index (Phi) is 4.55. The molecule has 0 aliphatic carbocycles. The summed E-state index contributed by atoms with van der Waals surface area (Å²) in [7, 11) is 0. The number of fused-ring (bicyclic) bond motifs is 1. The molecule has 0 radical (unpaired) electrons. The van der Waals surface area contributed by atoms with Crippen molar-refractivity contribution in [3.8, 4) is 16.9 Å². The maximum absolute atomic E-state index is 11.9. The average molecular weight is 353 g/mol. The van der Waals surface area contributed by atoms with Crippen LogP contribution in [0.2, 0.25) is 0 Å². The number of amides is 1. The predicted molar refractivity (Wildman–Crippen MR) is 97.9 cm³/mol. The first-order valence-electron chi connectivity index (χ1n) is 9.12. The van der Waals surface area contributed by atoms with Crippen LogP contribution in [0.3, 0.4) is 0 Å². The molecule has 2 aromatic carbocycles. The van der Waals surface area contributed by atoms with E-state index in [9.17, 15) is 4.79 Å². The van der Waals surface area contributed by atoms with Crippen molar-refractivity contribution >= 4 is 6.09 Å². The van der Waals surface area contributed by atoms with Gasteiger partial charge in [-0.25, -0.2) is 4.79 Å². The van der Waals surface area contributed by atoms with Crippen LogP contribution < -0.4 is 4.74 Å². The summed E-state index contributed by atoms with van der Waals surface area (Å²) in [4.78, 5) is 13.6. The zero-order chi connectivity index (χ0) is 18.0. The van der Waals surface area contributed by atoms with E-state index in [4.69, 9.17) is 14.2 Å². The number of hydrogen-bond acceptors (Lipinski definition) is 4. The van der Waals surface area contributed by atoms with Crippen molar-refractivity contribution in [2.75, 3.05) is 19.7 Å². The fraction of sp³-hybridized carbons (Fsp3) is 0.381. The van der Waals surface area contributed by atoms with Crippen molar-refractivity contribution < 1.29 is 19.0 Å². The lowest BCUT2D eigenvalue weighted by atomic mass is 9.99. The van der Waals surface area contributed by atoms with Crippen molar-refractivity contribution in [1.82, 2.24) is 4.90 Å². The minimum atomic E-state index is -0.635. The number of likely N-dealkylation sites (tertiary alicyclic amines) is 1. The Bertz CT molecular complexity index is 782. The van der Waals surface area contributed by atoms with Crippen LogP contribution >= 0.6 is 0 Å². The van der Waals surface area contributed by atoms with Gasteiger partial charge in [-0.3, -0.25) is 0 Å². The quantitative estimate of drug-likeness (QED) is 0.811. The fourth-order valence-corrected chi connectivity index (χ4v) is 3.53. The first kappa shape index (κ1) is 16.9. The van der Waals surface area contributed by atoms with Gasteiger partial charge < -0.3 is 19.1 Å². The Hall–Kier alpha value is -2.53. The highest BCUT2D eigenvalue weighted by Gasteiger charge is 2.42. The zero-order valence-corrected chi connectivity index (χ0v) is 14.9. The third kappa shape index (κ3) is 3.27. The standard InChI is InChI=1S/C21H23NO4/c1-2-24-20(23)22-12-10-21(11-13-22)25-15-18-14-17(8-9-19(18)26-21)16-6-4-3-5-7-16/h3-9,14H,2,10-13,15H2,1H3. The molecule has 0 bridgehead atoms. The van der Waals surface area contributed by atoms with Crippen molar-refractivity contribution in [1.29, 1.82) is 0 Å². The van der Waals surface area contributed by atoms with Crippen LogP contribution in [0.15, 0.2) is 48.5 Å². The van der Waals surface area contributed by atoms with E-state index >= 15 is 0 Å². The molecule has 0 saturated carbocycles. The van der Waals surface area contributed by atoms with Crippen LogP contribution in [0.25, 0.3) is 11.1 Å². The van der Waals surface area contributed by atoms with Gasteiger partial charge in [0.25, 0.3) is 0 Å². The summed E-state index contributed by atoms with van der Waals surface area (Å²) >= 11 is 0. The summed E-state index contributed by atoms with van der Waals surface area (Å²) in [5.41, 5.74) is 3.40. The van der Waals surface area contributed by atoms with E-state index in [-0.39, 0.29) is 6.09 Å².